The summed E-state index contributed by atoms with van der Waals surface area (Å²) in [4.78, 5) is 2.38. The molecule has 2 nitrogen and oxygen atoms in total. The molecule has 1 saturated heterocycles. The third-order valence-corrected chi connectivity index (χ3v) is 4.58. The normalized spacial score (nSPS) is 23.0. The van der Waals surface area contributed by atoms with Gasteiger partial charge in [-0.15, -0.1) is 0 Å². The Labute approximate surface area is 123 Å². The van der Waals surface area contributed by atoms with E-state index in [1.807, 2.05) is 0 Å². The lowest BCUT2D eigenvalue weighted by atomic mass is 9.88. The summed E-state index contributed by atoms with van der Waals surface area (Å²) in [6.07, 6.45) is 4.40. The van der Waals surface area contributed by atoms with Crippen molar-refractivity contribution in [2.75, 3.05) is 13.1 Å². The van der Waals surface area contributed by atoms with Gasteiger partial charge in [0.15, 0.2) is 0 Å². The fraction of sp³-hybridized carbons (Fsp3) is 0.611. The van der Waals surface area contributed by atoms with Gasteiger partial charge in [-0.3, -0.25) is 4.90 Å². The molecule has 0 aromatic heterocycles. The third-order valence-electron chi connectivity index (χ3n) is 4.58. The van der Waals surface area contributed by atoms with Crippen LogP contribution < -0.4 is 0 Å². The highest BCUT2D eigenvalue weighted by atomic mass is 15.2. The van der Waals surface area contributed by atoms with Gasteiger partial charge in [0.2, 0.25) is 0 Å². The number of piperidine rings is 1. The van der Waals surface area contributed by atoms with Crippen LogP contribution >= 0.6 is 0 Å². The van der Waals surface area contributed by atoms with Gasteiger partial charge in [0.25, 0.3) is 0 Å². The van der Waals surface area contributed by atoms with Gasteiger partial charge >= 0.3 is 0 Å². The van der Waals surface area contributed by atoms with E-state index in [1.165, 1.54) is 24.0 Å². The largest absolute Gasteiger partial charge is 0.285 e. The van der Waals surface area contributed by atoms with E-state index in [-0.39, 0.29) is 5.54 Å². The van der Waals surface area contributed by atoms with E-state index in [4.69, 9.17) is 0 Å². The van der Waals surface area contributed by atoms with Crippen LogP contribution in [0.5, 0.6) is 0 Å². The number of hydrogen-bond donors (Lipinski definition) is 0. The molecule has 20 heavy (non-hydrogen) atoms. The van der Waals surface area contributed by atoms with Gasteiger partial charge in [-0.25, -0.2) is 0 Å². The van der Waals surface area contributed by atoms with Crippen LogP contribution in [0.3, 0.4) is 0 Å². The Morgan fingerprint density at radius 3 is 2.50 bits per heavy atom. The summed E-state index contributed by atoms with van der Waals surface area (Å²) in [6.45, 7) is 8.67. The maximum absolute atomic E-state index is 9.69. The van der Waals surface area contributed by atoms with Crippen LogP contribution in [0, 0.1) is 17.2 Å². The van der Waals surface area contributed by atoms with E-state index < -0.39 is 0 Å². The summed E-state index contributed by atoms with van der Waals surface area (Å²) >= 11 is 0. The lowest BCUT2D eigenvalue weighted by Crippen LogP contribution is -2.51. The number of hydrogen-bond acceptors (Lipinski definition) is 2. The van der Waals surface area contributed by atoms with E-state index in [2.05, 4.69) is 56.0 Å². The summed E-state index contributed by atoms with van der Waals surface area (Å²) < 4.78 is 0. The molecule has 0 saturated carbocycles. The lowest BCUT2D eigenvalue weighted by molar-refractivity contribution is 0.0959. The molecule has 2 unspecified atom stereocenters. The van der Waals surface area contributed by atoms with Crippen molar-refractivity contribution >= 4 is 0 Å². The van der Waals surface area contributed by atoms with Crippen LogP contribution in [0.1, 0.15) is 44.7 Å². The zero-order valence-electron chi connectivity index (χ0n) is 13.0. The highest BCUT2D eigenvalue weighted by molar-refractivity contribution is 5.26. The molecule has 0 aliphatic carbocycles. The highest BCUT2D eigenvalue weighted by Gasteiger charge is 2.34. The smallest absolute Gasteiger partial charge is 0.110 e. The van der Waals surface area contributed by atoms with Crippen molar-refractivity contribution in [3.63, 3.8) is 0 Å². The van der Waals surface area contributed by atoms with E-state index in [0.29, 0.717) is 5.92 Å². The molecule has 1 aromatic carbocycles. The fourth-order valence-electron chi connectivity index (χ4n) is 3.15. The molecule has 1 fully saturated rings. The minimum absolute atomic E-state index is 0.373. The Balaban J connectivity index is 2.11. The summed E-state index contributed by atoms with van der Waals surface area (Å²) in [5, 5.41) is 9.69. The molecule has 0 bridgehead atoms. The molecule has 1 heterocycles. The Hall–Kier alpha value is -1.33. The number of benzene rings is 1. The third kappa shape index (κ3) is 3.41. The van der Waals surface area contributed by atoms with Crippen LogP contribution in [0.4, 0.5) is 0 Å². The monoisotopic (exact) mass is 270 g/mol. The van der Waals surface area contributed by atoms with Crippen molar-refractivity contribution in [3.8, 4) is 6.07 Å². The van der Waals surface area contributed by atoms with Gasteiger partial charge in [-0.05, 0) is 49.8 Å². The van der Waals surface area contributed by atoms with Crippen molar-refractivity contribution in [1.29, 1.82) is 5.26 Å². The zero-order valence-corrected chi connectivity index (χ0v) is 13.0. The number of aryl methyl sites for hydroxylation is 1. The van der Waals surface area contributed by atoms with Gasteiger partial charge in [-0.2, -0.15) is 5.26 Å². The number of rotatable bonds is 4. The van der Waals surface area contributed by atoms with Crippen LogP contribution in [-0.2, 0) is 12.8 Å². The molecule has 0 N–H and O–H groups in total. The first kappa shape index (κ1) is 15.1. The first-order valence-electron chi connectivity index (χ1n) is 7.81. The topological polar surface area (TPSA) is 27.0 Å². The molecule has 2 heteroatoms. The first-order chi connectivity index (χ1) is 9.57. The average Bonchev–Trinajstić information content (AvgIpc) is 2.48. The van der Waals surface area contributed by atoms with Gasteiger partial charge in [0.1, 0.15) is 5.54 Å². The van der Waals surface area contributed by atoms with Crippen molar-refractivity contribution in [3.05, 3.63) is 35.4 Å². The predicted octanol–water partition coefficient (Wildman–Crippen LogP) is 3.81. The Morgan fingerprint density at radius 1 is 1.30 bits per heavy atom. The molecular weight excluding hydrogens is 244 g/mol. The van der Waals surface area contributed by atoms with Crippen LogP contribution in [-0.4, -0.2) is 23.5 Å². The quantitative estimate of drug-likeness (QED) is 0.832. The molecule has 2 rings (SSSR count). The van der Waals surface area contributed by atoms with E-state index in [1.54, 1.807) is 0 Å². The second kappa shape index (κ2) is 6.41. The fourth-order valence-corrected chi connectivity index (χ4v) is 3.15. The van der Waals surface area contributed by atoms with Crippen molar-refractivity contribution in [2.45, 2.75) is 52.0 Å². The van der Waals surface area contributed by atoms with E-state index >= 15 is 0 Å². The summed E-state index contributed by atoms with van der Waals surface area (Å²) in [7, 11) is 0. The predicted molar refractivity (Wildman–Crippen MR) is 83.5 cm³/mol. The van der Waals surface area contributed by atoms with Crippen LogP contribution in [0.25, 0.3) is 0 Å². The Kier molecular flexibility index (Phi) is 4.83. The first-order valence-corrected chi connectivity index (χ1v) is 7.81. The SMILES string of the molecule is CCc1ccc(CC(C)(C#N)N2CCCC(C)C2)cc1. The van der Waals surface area contributed by atoms with Crippen molar-refractivity contribution in [1.82, 2.24) is 4.90 Å². The molecule has 1 aromatic rings. The van der Waals surface area contributed by atoms with Gasteiger partial charge in [0, 0.05) is 13.0 Å². The zero-order chi connectivity index (χ0) is 14.6. The van der Waals surface area contributed by atoms with Crippen LogP contribution in [0.15, 0.2) is 24.3 Å². The van der Waals surface area contributed by atoms with Gasteiger partial charge in [0.05, 0.1) is 6.07 Å². The number of nitriles is 1. The van der Waals surface area contributed by atoms with Crippen LogP contribution in [0.2, 0.25) is 0 Å². The minimum Gasteiger partial charge on any atom is -0.285 e. The molecule has 0 spiro atoms. The van der Waals surface area contributed by atoms with Crippen molar-refractivity contribution in [2.24, 2.45) is 5.92 Å². The molecular formula is C18H26N2. The molecule has 2 atom stereocenters. The standard InChI is InChI=1S/C18H26N2/c1-4-16-7-9-17(10-8-16)12-18(3,14-19)20-11-5-6-15(2)13-20/h7-10,15H,4-6,11-13H2,1-3H3. The van der Waals surface area contributed by atoms with Crippen molar-refractivity contribution < 1.29 is 0 Å². The molecule has 0 amide bonds. The summed E-state index contributed by atoms with van der Waals surface area (Å²) in [6, 6.07) is 11.3. The number of nitrogens with zero attached hydrogens (tertiary/aromatic N) is 2. The molecule has 1 aliphatic heterocycles. The van der Waals surface area contributed by atoms with Gasteiger partial charge < -0.3 is 0 Å². The molecule has 1 aliphatic rings. The molecule has 0 radical (unpaired) electrons. The Morgan fingerprint density at radius 2 is 1.95 bits per heavy atom. The lowest BCUT2D eigenvalue weighted by Gasteiger charge is -2.41. The van der Waals surface area contributed by atoms with E-state index in [9.17, 15) is 5.26 Å². The maximum Gasteiger partial charge on any atom is 0.110 e. The second-order valence-corrected chi connectivity index (χ2v) is 6.43. The maximum atomic E-state index is 9.69. The van der Waals surface area contributed by atoms with E-state index in [0.717, 1.165) is 25.9 Å². The minimum atomic E-state index is -0.373. The average molecular weight is 270 g/mol. The highest BCUT2D eigenvalue weighted by Crippen LogP contribution is 2.27. The summed E-state index contributed by atoms with van der Waals surface area (Å²) in [5.41, 5.74) is 2.26. The molecule has 108 valence electrons. The Bertz CT molecular complexity index is 471. The number of likely N-dealkylation sites (tertiary alicyclic amines) is 1. The second-order valence-electron chi connectivity index (χ2n) is 6.43. The summed E-state index contributed by atoms with van der Waals surface area (Å²) in [5.74, 6) is 0.707. The van der Waals surface area contributed by atoms with Gasteiger partial charge in [-0.1, -0.05) is 38.1 Å².